The van der Waals surface area contributed by atoms with Crippen molar-refractivity contribution in [3.05, 3.63) is 53.9 Å². The van der Waals surface area contributed by atoms with Gasteiger partial charge in [-0.2, -0.15) is 0 Å². The Kier molecular flexibility index (Phi) is 7.82. The van der Waals surface area contributed by atoms with Gasteiger partial charge in [0.05, 0.1) is 5.69 Å². The molecule has 6 nitrogen and oxygen atoms in total. The number of hydrogen-bond acceptors (Lipinski definition) is 3. The number of unbranched alkanes of at least 4 members (excludes halogenated alkanes) is 4. The Hall–Kier alpha value is -3.15. The number of nitrogens with zero attached hydrogens (tertiary/aromatic N) is 2. The van der Waals surface area contributed by atoms with Crippen LogP contribution in [0.25, 0.3) is 22.2 Å². The summed E-state index contributed by atoms with van der Waals surface area (Å²) in [6.45, 7) is 3.01. The third-order valence-corrected chi connectivity index (χ3v) is 5.73. The molecule has 0 amide bonds. The van der Waals surface area contributed by atoms with Gasteiger partial charge < -0.3 is 14.8 Å². The number of pyridine rings is 1. The van der Waals surface area contributed by atoms with Crippen molar-refractivity contribution in [1.29, 1.82) is 0 Å². The molecular formula is C25H30N2O4. The smallest absolute Gasteiger partial charge is 0.303 e. The first-order valence-electron chi connectivity index (χ1n) is 10.9. The van der Waals surface area contributed by atoms with E-state index in [0.29, 0.717) is 6.42 Å². The molecule has 0 fully saturated rings. The minimum absolute atomic E-state index is 0.129. The maximum absolute atomic E-state index is 11.0. The van der Waals surface area contributed by atoms with Crippen LogP contribution in [0.5, 0.6) is 0 Å². The largest absolute Gasteiger partial charge is 0.481 e. The fourth-order valence-electron chi connectivity index (χ4n) is 4.17. The third kappa shape index (κ3) is 5.94. The van der Waals surface area contributed by atoms with Crippen LogP contribution in [0, 0.1) is 6.92 Å². The summed E-state index contributed by atoms with van der Waals surface area (Å²) in [6, 6.07) is 10.3. The molecule has 0 aliphatic heterocycles. The number of aromatic nitrogens is 2. The van der Waals surface area contributed by atoms with Crippen LogP contribution in [0.1, 0.15) is 56.1 Å². The topological polar surface area (TPSA) is 92.4 Å². The first-order chi connectivity index (χ1) is 15.0. The molecule has 0 saturated heterocycles. The van der Waals surface area contributed by atoms with Crippen molar-refractivity contribution in [3.63, 3.8) is 0 Å². The second kappa shape index (κ2) is 10.8. The van der Waals surface area contributed by atoms with Gasteiger partial charge in [-0.15, -0.1) is 0 Å². The first-order valence-corrected chi connectivity index (χ1v) is 10.9. The molecule has 31 heavy (non-hydrogen) atoms. The van der Waals surface area contributed by atoms with Crippen LogP contribution in [0.2, 0.25) is 0 Å². The van der Waals surface area contributed by atoms with Gasteiger partial charge in [0.25, 0.3) is 0 Å². The summed E-state index contributed by atoms with van der Waals surface area (Å²) in [5, 5.41) is 18.9. The minimum atomic E-state index is -0.782. The Morgan fingerprint density at radius 3 is 2.29 bits per heavy atom. The molecule has 2 N–H and O–H groups in total. The fourth-order valence-corrected chi connectivity index (χ4v) is 4.17. The molecule has 0 bridgehead atoms. The number of rotatable bonds is 12. The molecule has 2 heterocycles. The van der Waals surface area contributed by atoms with E-state index in [-0.39, 0.29) is 12.8 Å². The fraction of sp³-hybridized carbons (Fsp3) is 0.400. The Morgan fingerprint density at radius 1 is 0.903 bits per heavy atom. The number of carbonyl (C=O) groups is 2. The molecular weight excluding hydrogens is 392 g/mol. The van der Waals surface area contributed by atoms with Gasteiger partial charge in [-0.05, 0) is 61.6 Å². The molecule has 2 aromatic heterocycles. The SMILES string of the molecule is Cc1c(-c2ccncc2)n(CCCCCCCC(=O)O)c2ccc(CCC(=O)O)cc12. The Bertz CT molecular complexity index is 1040. The third-order valence-electron chi connectivity index (χ3n) is 5.73. The summed E-state index contributed by atoms with van der Waals surface area (Å²) in [7, 11) is 0. The summed E-state index contributed by atoms with van der Waals surface area (Å²) >= 11 is 0. The lowest BCUT2D eigenvalue weighted by Crippen LogP contribution is -2.01. The van der Waals surface area contributed by atoms with E-state index in [9.17, 15) is 9.59 Å². The summed E-state index contributed by atoms with van der Waals surface area (Å²) in [4.78, 5) is 25.7. The Morgan fingerprint density at radius 2 is 1.58 bits per heavy atom. The molecule has 0 radical (unpaired) electrons. The van der Waals surface area contributed by atoms with Gasteiger partial charge in [0, 0.05) is 48.2 Å². The highest BCUT2D eigenvalue weighted by Crippen LogP contribution is 2.34. The van der Waals surface area contributed by atoms with E-state index < -0.39 is 11.9 Å². The molecule has 0 aliphatic carbocycles. The normalized spacial score (nSPS) is 11.1. The Balaban J connectivity index is 1.82. The maximum Gasteiger partial charge on any atom is 0.303 e. The van der Waals surface area contributed by atoms with Gasteiger partial charge in [0.2, 0.25) is 0 Å². The van der Waals surface area contributed by atoms with Crippen LogP contribution in [-0.2, 0) is 22.6 Å². The molecule has 0 aliphatic rings. The number of hydrogen-bond donors (Lipinski definition) is 2. The molecule has 6 heteroatoms. The molecule has 3 aromatic rings. The van der Waals surface area contributed by atoms with Gasteiger partial charge in [0.15, 0.2) is 0 Å². The molecule has 164 valence electrons. The lowest BCUT2D eigenvalue weighted by atomic mass is 10.0. The molecule has 1 aromatic carbocycles. The van der Waals surface area contributed by atoms with Gasteiger partial charge in [-0.1, -0.05) is 25.3 Å². The second-order valence-corrected chi connectivity index (χ2v) is 8.02. The zero-order valence-corrected chi connectivity index (χ0v) is 18.0. The predicted octanol–water partition coefficient (Wildman–Crippen LogP) is 5.45. The van der Waals surface area contributed by atoms with Crippen molar-refractivity contribution >= 4 is 22.8 Å². The van der Waals surface area contributed by atoms with Crippen LogP contribution in [-0.4, -0.2) is 31.7 Å². The first kappa shape index (κ1) is 22.5. The van der Waals surface area contributed by atoms with E-state index in [1.807, 2.05) is 18.2 Å². The van der Waals surface area contributed by atoms with Crippen molar-refractivity contribution in [3.8, 4) is 11.3 Å². The average molecular weight is 423 g/mol. The number of aliphatic carboxylic acids is 2. The summed E-state index contributed by atoms with van der Waals surface area (Å²) in [5.41, 5.74) is 5.69. The molecule has 0 saturated carbocycles. The van der Waals surface area contributed by atoms with E-state index in [0.717, 1.165) is 60.7 Å². The minimum Gasteiger partial charge on any atom is -0.481 e. The number of benzene rings is 1. The Labute approximate surface area is 182 Å². The van der Waals surface area contributed by atoms with Crippen LogP contribution >= 0.6 is 0 Å². The quantitative estimate of drug-likeness (QED) is 0.378. The van der Waals surface area contributed by atoms with Crippen LogP contribution in [0.15, 0.2) is 42.7 Å². The highest BCUT2D eigenvalue weighted by atomic mass is 16.4. The van der Waals surface area contributed by atoms with Crippen molar-refractivity contribution in [2.45, 2.75) is 64.8 Å². The van der Waals surface area contributed by atoms with E-state index >= 15 is 0 Å². The van der Waals surface area contributed by atoms with Crippen LogP contribution < -0.4 is 0 Å². The second-order valence-electron chi connectivity index (χ2n) is 8.02. The van der Waals surface area contributed by atoms with Gasteiger partial charge in [0.1, 0.15) is 0 Å². The van der Waals surface area contributed by atoms with Crippen LogP contribution in [0.4, 0.5) is 0 Å². The van der Waals surface area contributed by atoms with Crippen molar-refractivity contribution in [2.75, 3.05) is 0 Å². The zero-order valence-electron chi connectivity index (χ0n) is 18.0. The number of carboxylic acids is 2. The van der Waals surface area contributed by atoms with Crippen LogP contribution in [0.3, 0.4) is 0 Å². The molecule has 0 spiro atoms. The summed E-state index contributed by atoms with van der Waals surface area (Å²) in [5.74, 6) is -1.51. The van der Waals surface area contributed by atoms with Gasteiger partial charge in [-0.3, -0.25) is 14.6 Å². The van der Waals surface area contributed by atoms with Crippen molar-refractivity contribution in [1.82, 2.24) is 9.55 Å². The number of fused-ring (bicyclic) bond motifs is 1. The van der Waals surface area contributed by atoms with Gasteiger partial charge in [-0.25, -0.2) is 0 Å². The molecule has 3 rings (SSSR count). The monoisotopic (exact) mass is 422 g/mol. The van der Waals surface area contributed by atoms with E-state index in [1.165, 1.54) is 11.3 Å². The zero-order chi connectivity index (χ0) is 22.2. The van der Waals surface area contributed by atoms with E-state index in [1.54, 1.807) is 12.4 Å². The van der Waals surface area contributed by atoms with Crippen molar-refractivity contribution < 1.29 is 19.8 Å². The standard InChI is InChI=1S/C25H30N2O4/c1-18-21-17-19(9-11-24(30)31)8-10-22(21)27(25(18)20-12-14-26-15-13-20)16-6-4-2-3-5-7-23(28)29/h8,10,12-15,17H,2-7,9,11,16H2,1H3,(H,28,29)(H,30,31). The lowest BCUT2D eigenvalue weighted by Gasteiger charge is -2.12. The maximum atomic E-state index is 11.0. The van der Waals surface area contributed by atoms with Gasteiger partial charge >= 0.3 is 11.9 Å². The number of aryl methyl sites for hydroxylation is 3. The summed E-state index contributed by atoms with van der Waals surface area (Å²) < 4.78 is 2.36. The van der Waals surface area contributed by atoms with E-state index in [2.05, 4.69) is 28.6 Å². The summed E-state index contributed by atoms with van der Waals surface area (Å²) in [6.07, 6.45) is 9.31. The average Bonchev–Trinajstić information content (AvgIpc) is 3.03. The lowest BCUT2D eigenvalue weighted by molar-refractivity contribution is -0.138. The molecule has 0 atom stereocenters. The highest BCUT2D eigenvalue weighted by Gasteiger charge is 2.16. The van der Waals surface area contributed by atoms with Crippen molar-refractivity contribution in [2.24, 2.45) is 0 Å². The predicted molar refractivity (Wildman–Crippen MR) is 121 cm³/mol. The highest BCUT2D eigenvalue weighted by molar-refractivity contribution is 5.92. The number of carboxylic acid groups (broad SMARTS) is 2. The molecule has 0 unspecified atom stereocenters. The van der Waals surface area contributed by atoms with E-state index in [4.69, 9.17) is 10.2 Å².